The van der Waals surface area contributed by atoms with Crippen molar-refractivity contribution in [2.45, 2.75) is 19.5 Å². The largest absolute Gasteiger partial charge is 0.493 e. The van der Waals surface area contributed by atoms with Gasteiger partial charge in [-0.15, -0.1) is 0 Å². The third-order valence-corrected chi connectivity index (χ3v) is 2.89. The number of benzene rings is 1. The van der Waals surface area contributed by atoms with E-state index in [0.29, 0.717) is 18.0 Å². The zero-order chi connectivity index (χ0) is 14.4. The molecule has 19 heavy (non-hydrogen) atoms. The van der Waals surface area contributed by atoms with Crippen LogP contribution < -0.4 is 14.8 Å². The Kier molecular flexibility index (Phi) is 5.63. The average Bonchev–Trinajstić information content (AvgIpc) is 2.42. The lowest BCUT2D eigenvalue weighted by molar-refractivity contribution is -0.130. The standard InChI is InChI=1S/C14H22N2O3/c1-10(14(17)16(2)3)15-9-11-7-6-8-12(18-4)13(11)19-5/h6-8,10,15H,9H2,1-5H3. The lowest BCUT2D eigenvalue weighted by Crippen LogP contribution is -2.41. The number of hydrogen-bond acceptors (Lipinski definition) is 4. The van der Waals surface area contributed by atoms with Crippen LogP contribution in [0, 0.1) is 0 Å². The van der Waals surface area contributed by atoms with Crippen molar-refractivity contribution in [1.82, 2.24) is 10.2 Å². The Labute approximate surface area is 114 Å². The highest BCUT2D eigenvalue weighted by molar-refractivity contribution is 5.80. The molecule has 1 rings (SSSR count). The van der Waals surface area contributed by atoms with E-state index in [1.807, 2.05) is 25.1 Å². The first-order chi connectivity index (χ1) is 9.01. The fraction of sp³-hybridized carbons (Fsp3) is 0.500. The van der Waals surface area contributed by atoms with Crippen molar-refractivity contribution in [3.05, 3.63) is 23.8 Å². The van der Waals surface area contributed by atoms with Gasteiger partial charge in [-0.2, -0.15) is 0 Å². The van der Waals surface area contributed by atoms with Crippen molar-refractivity contribution < 1.29 is 14.3 Å². The maximum Gasteiger partial charge on any atom is 0.238 e. The van der Waals surface area contributed by atoms with Gasteiger partial charge in [0.15, 0.2) is 11.5 Å². The fourth-order valence-electron chi connectivity index (χ4n) is 1.83. The lowest BCUT2D eigenvalue weighted by Gasteiger charge is -2.19. The number of likely N-dealkylation sites (N-methyl/N-ethyl adjacent to an activating group) is 1. The molecule has 0 radical (unpaired) electrons. The molecule has 0 aliphatic carbocycles. The number of amides is 1. The van der Waals surface area contributed by atoms with Crippen molar-refractivity contribution in [3.63, 3.8) is 0 Å². The number of para-hydroxylation sites is 1. The second-order valence-corrected chi connectivity index (χ2v) is 4.49. The molecule has 0 aliphatic rings. The second-order valence-electron chi connectivity index (χ2n) is 4.49. The van der Waals surface area contributed by atoms with Crippen LogP contribution in [0.3, 0.4) is 0 Å². The number of nitrogens with one attached hydrogen (secondary N) is 1. The Morgan fingerprint density at radius 1 is 1.32 bits per heavy atom. The van der Waals surface area contributed by atoms with Crippen LogP contribution in [0.2, 0.25) is 0 Å². The van der Waals surface area contributed by atoms with Crippen LogP contribution in [0.5, 0.6) is 11.5 Å². The third-order valence-electron chi connectivity index (χ3n) is 2.89. The van der Waals surface area contributed by atoms with Gasteiger partial charge in [0.25, 0.3) is 0 Å². The van der Waals surface area contributed by atoms with E-state index in [0.717, 1.165) is 5.56 Å². The Morgan fingerprint density at radius 3 is 2.53 bits per heavy atom. The highest BCUT2D eigenvalue weighted by Crippen LogP contribution is 2.30. The number of carbonyl (C=O) groups excluding carboxylic acids is 1. The Bertz CT molecular complexity index is 433. The minimum Gasteiger partial charge on any atom is -0.493 e. The van der Waals surface area contributed by atoms with Gasteiger partial charge in [0.1, 0.15) is 0 Å². The topological polar surface area (TPSA) is 50.8 Å². The summed E-state index contributed by atoms with van der Waals surface area (Å²) < 4.78 is 10.6. The van der Waals surface area contributed by atoms with Crippen LogP contribution in [-0.4, -0.2) is 45.2 Å². The van der Waals surface area contributed by atoms with E-state index in [1.54, 1.807) is 33.2 Å². The SMILES string of the molecule is COc1cccc(CNC(C)C(=O)N(C)C)c1OC. The van der Waals surface area contributed by atoms with E-state index in [1.165, 1.54) is 0 Å². The molecule has 5 heteroatoms. The van der Waals surface area contributed by atoms with Crippen LogP contribution >= 0.6 is 0 Å². The van der Waals surface area contributed by atoms with Gasteiger partial charge in [0, 0.05) is 26.2 Å². The first-order valence-corrected chi connectivity index (χ1v) is 6.15. The molecule has 1 aromatic rings. The van der Waals surface area contributed by atoms with Crippen LogP contribution in [-0.2, 0) is 11.3 Å². The Morgan fingerprint density at radius 2 is 2.00 bits per heavy atom. The molecule has 0 saturated carbocycles. The fourth-order valence-corrected chi connectivity index (χ4v) is 1.83. The van der Waals surface area contributed by atoms with E-state index < -0.39 is 0 Å². The highest BCUT2D eigenvalue weighted by Gasteiger charge is 2.15. The van der Waals surface area contributed by atoms with Crippen molar-refractivity contribution in [2.24, 2.45) is 0 Å². The van der Waals surface area contributed by atoms with Gasteiger partial charge in [0.2, 0.25) is 5.91 Å². The maximum absolute atomic E-state index is 11.7. The quantitative estimate of drug-likeness (QED) is 0.842. The minimum atomic E-state index is -0.245. The molecule has 0 saturated heterocycles. The van der Waals surface area contributed by atoms with E-state index in [-0.39, 0.29) is 11.9 Å². The molecule has 1 N–H and O–H groups in total. The molecule has 1 atom stereocenters. The van der Waals surface area contributed by atoms with Crippen molar-refractivity contribution >= 4 is 5.91 Å². The molecule has 0 spiro atoms. The summed E-state index contributed by atoms with van der Waals surface area (Å²) in [6.45, 7) is 2.39. The van der Waals surface area contributed by atoms with Crippen LogP contribution in [0.15, 0.2) is 18.2 Å². The van der Waals surface area contributed by atoms with Gasteiger partial charge in [-0.25, -0.2) is 0 Å². The molecule has 1 aromatic carbocycles. The summed E-state index contributed by atoms with van der Waals surface area (Å²) in [6.07, 6.45) is 0. The first kappa shape index (κ1) is 15.3. The van der Waals surface area contributed by atoms with Gasteiger partial charge >= 0.3 is 0 Å². The molecular weight excluding hydrogens is 244 g/mol. The molecule has 0 bridgehead atoms. The molecule has 0 heterocycles. The van der Waals surface area contributed by atoms with Gasteiger partial charge in [-0.3, -0.25) is 4.79 Å². The number of rotatable bonds is 6. The average molecular weight is 266 g/mol. The van der Waals surface area contributed by atoms with Gasteiger partial charge in [-0.1, -0.05) is 12.1 Å². The van der Waals surface area contributed by atoms with Gasteiger partial charge in [0.05, 0.1) is 20.3 Å². The van der Waals surface area contributed by atoms with Gasteiger partial charge in [-0.05, 0) is 13.0 Å². The third kappa shape index (κ3) is 3.86. The van der Waals surface area contributed by atoms with Crippen molar-refractivity contribution in [1.29, 1.82) is 0 Å². The molecule has 1 unspecified atom stereocenters. The summed E-state index contributed by atoms with van der Waals surface area (Å²) in [4.78, 5) is 13.3. The zero-order valence-corrected chi connectivity index (χ0v) is 12.2. The summed E-state index contributed by atoms with van der Waals surface area (Å²) in [5, 5.41) is 3.18. The summed E-state index contributed by atoms with van der Waals surface area (Å²) in [5.74, 6) is 1.43. The molecule has 5 nitrogen and oxygen atoms in total. The first-order valence-electron chi connectivity index (χ1n) is 6.15. The predicted octanol–water partition coefficient (Wildman–Crippen LogP) is 1.27. The van der Waals surface area contributed by atoms with Crippen molar-refractivity contribution in [2.75, 3.05) is 28.3 Å². The van der Waals surface area contributed by atoms with Gasteiger partial charge < -0.3 is 19.7 Å². The van der Waals surface area contributed by atoms with E-state index >= 15 is 0 Å². The molecule has 0 aromatic heterocycles. The zero-order valence-electron chi connectivity index (χ0n) is 12.2. The number of carbonyl (C=O) groups is 1. The van der Waals surface area contributed by atoms with Crippen molar-refractivity contribution in [3.8, 4) is 11.5 Å². The van der Waals surface area contributed by atoms with E-state index in [9.17, 15) is 4.79 Å². The molecule has 106 valence electrons. The van der Waals surface area contributed by atoms with Crippen LogP contribution in [0.4, 0.5) is 0 Å². The van der Waals surface area contributed by atoms with Crippen LogP contribution in [0.25, 0.3) is 0 Å². The van der Waals surface area contributed by atoms with E-state index in [4.69, 9.17) is 9.47 Å². The molecule has 0 aliphatic heterocycles. The molecule has 1 amide bonds. The summed E-state index contributed by atoms with van der Waals surface area (Å²) in [6, 6.07) is 5.44. The Hall–Kier alpha value is -1.75. The molecular formula is C14H22N2O3. The number of hydrogen-bond donors (Lipinski definition) is 1. The predicted molar refractivity (Wildman–Crippen MR) is 74.5 cm³/mol. The molecule has 0 fully saturated rings. The van der Waals surface area contributed by atoms with Crippen LogP contribution in [0.1, 0.15) is 12.5 Å². The Balaban J connectivity index is 2.75. The minimum absolute atomic E-state index is 0.0434. The number of nitrogens with zero attached hydrogens (tertiary/aromatic N) is 1. The highest BCUT2D eigenvalue weighted by atomic mass is 16.5. The summed E-state index contributed by atoms with van der Waals surface area (Å²) >= 11 is 0. The summed E-state index contributed by atoms with van der Waals surface area (Å²) in [7, 11) is 6.70. The smallest absolute Gasteiger partial charge is 0.238 e. The second kappa shape index (κ2) is 6.99. The number of ether oxygens (including phenoxy) is 2. The summed E-state index contributed by atoms with van der Waals surface area (Å²) in [5.41, 5.74) is 0.959. The van der Waals surface area contributed by atoms with E-state index in [2.05, 4.69) is 5.32 Å². The maximum atomic E-state index is 11.7. The lowest BCUT2D eigenvalue weighted by atomic mass is 10.1. The number of methoxy groups -OCH3 is 2. The normalized spacial score (nSPS) is 11.8. The monoisotopic (exact) mass is 266 g/mol.